The van der Waals surface area contributed by atoms with Crippen molar-refractivity contribution in [1.29, 1.82) is 0 Å². The van der Waals surface area contributed by atoms with Gasteiger partial charge in [-0.1, -0.05) is 12.1 Å². The first kappa shape index (κ1) is 14.8. The maximum absolute atomic E-state index is 10.4. The van der Waals surface area contributed by atoms with E-state index in [1.54, 1.807) is 0 Å². The lowest BCUT2D eigenvalue weighted by atomic mass is 10.2. The van der Waals surface area contributed by atoms with E-state index in [1.807, 2.05) is 0 Å². The van der Waals surface area contributed by atoms with E-state index < -0.39 is 5.97 Å². The van der Waals surface area contributed by atoms with Gasteiger partial charge in [-0.25, -0.2) is 0 Å². The molecule has 0 aromatic heterocycles. The monoisotopic (exact) mass is 278 g/mol. The summed E-state index contributed by atoms with van der Waals surface area (Å²) in [6, 6.07) is 8.34. The maximum atomic E-state index is 10.4. The van der Waals surface area contributed by atoms with Gasteiger partial charge in [-0.3, -0.25) is 9.69 Å². The Morgan fingerprint density at radius 1 is 1.25 bits per heavy atom. The molecule has 1 aliphatic rings. The first-order valence-electron chi connectivity index (χ1n) is 7.09. The predicted molar refractivity (Wildman–Crippen MR) is 77.9 cm³/mol. The Morgan fingerprint density at radius 2 is 1.95 bits per heavy atom. The van der Waals surface area contributed by atoms with E-state index in [-0.39, 0.29) is 6.42 Å². The fourth-order valence-electron chi connectivity index (χ4n) is 2.22. The quantitative estimate of drug-likeness (QED) is 0.745. The Hall–Kier alpha value is -1.59. The first-order chi connectivity index (χ1) is 9.74. The van der Waals surface area contributed by atoms with Gasteiger partial charge in [-0.05, 0) is 24.1 Å². The van der Waals surface area contributed by atoms with Crippen LogP contribution < -0.4 is 5.32 Å². The first-order valence-corrected chi connectivity index (χ1v) is 7.09. The highest BCUT2D eigenvalue weighted by Gasteiger charge is 2.10. The van der Waals surface area contributed by atoms with Crippen molar-refractivity contribution >= 4 is 11.7 Å². The smallest absolute Gasteiger partial charge is 0.303 e. The summed E-state index contributed by atoms with van der Waals surface area (Å²) in [4.78, 5) is 12.8. The summed E-state index contributed by atoms with van der Waals surface area (Å²) in [5.74, 6) is -0.743. The van der Waals surface area contributed by atoms with Crippen molar-refractivity contribution in [2.45, 2.75) is 19.4 Å². The number of nitrogens with one attached hydrogen (secondary N) is 1. The minimum absolute atomic E-state index is 0.210. The highest BCUT2D eigenvalue weighted by molar-refractivity contribution is 5.66. The molecule has 0 saturated carbocycles. The van der Waals surface area contributed by atoms with Gasteiger partial charge in [-0.15, -0.1) is 0 Å². The van der Waals surface area contributed by atoms with Crippen LogP contribution in [0.4, 0.5) is 5.69 Å². The fourth-order valence-corrected chi connectivity index (χ4v) is 2.22. The van der Waals surface area contributed by atoms with Crippen LogP contribution in [-0.2, 0) is 16.1 Å². The van der Waals surface area contributed by atoms with Crippen molar-refractivity contribution in [3.63, 3.8) is 0 Å². The number of hydrogen-bond donors (Lipinski definition) is 2. The molecule has 1 saturated heterocycles. The summed E-state index contributed by atoms with van der Waals surface area (Å²) >= 11 is 0. The van der Waals surface area contributed by atoms with Crippen molar-refractivity contribution < 1.29 is 14.6 Å². The van der Waals surface area contributed by atoms with Crippen LogP contribution in [0.5, 0.6) is 0 Å². The summed E-state index contributed by atoms with van der Waals surface area (Å²) in [5, 5.41) is 11.8. The van der Waals surface area contributed by atoms with E-state index >= 15 is 0 Å². The Kier molecular flexibility index (Phi) is 5.83. The number of nitrogens with zero attached hydrogens (tertiary/aromatic N) is 1. The summed E-state index contributed by atoms with van der Waals surface area (Å²) in [5.41, 5.74) is 2.34. The number of hydrogen-bond acceptors (Lipinski definition) is 4. The molecule has 1 aliphatic heterocycles. The molecule has 0 unspecified atom stereocenters. The molecular weight excluding hydrogens is 256 g/mol. The van der Waals surface area contributed by atoms with Crippen molar-refractivity contribution in [3.8, 4) is 0 Å². The van der Waals surface area contributed by atoms with Gasteiger partial charge in [0.15, 0.2) is 0 Å². The standard InChI is InChI=1S/C15H22N2O3/c18-15(19)2-1-7-16-14-5-3-13(4-6-14)12-17-8-10-20-11-9-17/h3-6,16H,1-2,7-12H2,(H,18,19). The largest absolute Gasteiger partial charge is 0.481 e. The van der Waals surface area contributed by atoms with Crippen LogP contribution in [0.15, 0.2) is 24.3 Å². The summed E-state index contributed by atoms with van der Waals surface area (Å²) in [6.07, 6.45) is 0.854. The number of aliphatic carboxylic acids is 1. The number of anilines is 1. The molecule has 0 atom stereocenters. The number of morpholine rings is 1. The van der Waals surface area contributed by atoms with Crippen LogP contribution in [0.3, 0.4) is 0 Å². The fraction of sp³-hybridized carbons (Fsp3) is 0.533. The van der Waals surface area contributed by atoms with Crippen LogP contribution in [0.1, 0.15) is 18.4 Å². The maximum Gasteiger partial charge on any atom is 0.303 e. The van der Waals surface area contributed by atoms with Gasteiger partial charge in [0.1, 0.15) is 0 Å². The van der Waals surface area contributed by atoms with Gasteiger partial charge in [0.05, 0.1) is 13.2 Å². The van der Waals surface area contributed by atoms with Gasteiger partial charge in [0.25, 0.3) is 0 Å². The van der Waals surface area contributed by atoms with Crippen molar-refractivity contribution in [1.82, 2.24) is 4.90 Å². The average Bonchev–Trinajstić information content (AvgIpc) is 2.46. The van der Waals surface area contributed by atoms with E-state index in [9.17, 15) is 4.79 Å². The molecular formula is C15H22N2O3. The lowest BCUT2D eigenvalue weighted by molar-refractivity contribution is -0.137. The van der Waals surface area contributed by atoms with E-state index in [2.05, 4.69) is 34.5 Å². The van der Waals surface area contributed by atoms with Crippen molar-refractivity contribution in [3.05, 3.63) is 29.8 Å². The number of carbonyl (C=O) groups is 1. The molecule has 110 valence electrons. The zero-order valence-electron chi connectivity index (χ0n) is 11.7. The molecule has 1 fully saturated rings. The van der Waals surface area contributed by atoms with Crippen LogP contribution in [-0.4, -0.2) is 48.8 Å². The molecule has 20 heavy (non-hydrogen) atoms. The molecule has 0 spiro atoms. The summed E-state index contributed by atoms with van der Waals surface area (Å²) in [6.45, 7) is 5.29. The van der Waals surface area contributed by atoms with Gasteiger partial charge < -0.3 is 15.2 Å². The van der Waals surface area contributed by atoms with Gasteiger partial charge in [-0.2, -0.15) is 0 Å². The molecule has 1 aromatic rings. The highest BCUT2D eigenvalue weighted by Crippen LogP contribution is 2.12. The third-order valence-electron chi connectivity index (χ3n) is 3.36. The number of carboxylic acids is 1. The second-order valence-corrected chi connectivity index (χ2v) is 5.01. The number of ether oxygens (including phenoxy) is 1. The molecule has 5 nitrogen and oxygen atoms in total. The second kappa shape index (κ2) is 7.87. The SMILES string of the molecule is O=C(O)CCCNc1ccc(CN2CCOCC2)cc1. The van der Waals surface area contributed by atoms with E-state index in [0.717, 1.165) is 38.5 Å². The van der Waals surface area contributed by atoms with E-state index in [0.29, 0.717) is 13.0 Å². The molecule has 0 radical (unpaired) electrons. The normalized spacial score (nSPS) is 16.0. The Bertz CT molecular complexity index is 414. The van der Waals surface area contributed by atoms with Gasteiger partial charge >= 0.3 is 5.97 Å². The molecule has 0 aliphatic carbocycles. The van der Waals surface area contributed by atoms with Crippen molar-refractivity contribution in [2.75, 3.05) is 38.2 Å². The van der Waals surface area contributed by atoms with Gasteiger partial charge in [0, 0.05) is 38.3 Å². The highest BCUT2D eigenvalue weighted by atomic mass is 16.5. The molecule has 0 bridgehead atoms. The van der Waals surface area contributed by atoms with Gasteiger partial charge in [0.2, 0.25) is 0 Å². The predicted octanol–water partition coefficient (Wildman–Crippen LogP) is 1.80. The lowest BCUT2D eigenvalue weighted by Crippen LogP contribution is -2.35. The molecule has 2 N–H and O–H groups in total. The van der Waals surface area contributed by atoms with Crippen LogP contribution in [0.2, 0.25) is 0 Å². The minimum Gasteiger partial charge on any atom is -0.481 e. The van der Waals surface area contributed by atoms with Crippen LogP contribution in [0, 0.1) is 0 Å². The molecule has 1 aromatic carbocycles. The van der Waals surface area contributed by atoms with Crippen LogP contribution in [0.25, 0.3) is 0 Å². The summed E-state index contributed by atoms with van der Waals surface area (Å²) < 4.78 is 5.33. The third kappa shape index (κ3) is 5.19. The van der Waals surface area contributed by atoms with Crippen LogP contribution >= 0.6 is 0 Å². The topological polar surface area (TPSA) is 61.8 Å². The lowest BCUT2D eigenvalue weighted by Gasteiger charge is -2.26. The Labute approximate surface area is 119 Å². The zero-order valence-corrected chi connectivity index (χ0v) is 11.7. The Balaban J connectivity index is 1.73. The number of rotatable bonds is 7. The van der Waals surface area contributed by atoms with E-state index in [1.165, 1.54) is 5.56 Å². The van der Waals surface area contributed by atoms with E-state index in [4.69, 9.17) is 9.84 Å². The zero-order chi connectivity index (χ0) is 14.2. The second-order valence-electron chi connectivity index (χ2n) is 5.01. The molecule has 2 rings (SSSR count). The Morgan fingerprint density at radius 3 is 2.60 bits per heavy atom. The molecule has 0 amide bonds. The molecule has 5 heteroatoms. The van der Waals surface area contributed by atoms with Crippen molar-refractivity contribution in [2.24, 2.45) is 0 Å². The molecule has 1 heterocycles. The minimum atomic E-state index is -0.743. The number of carboxylic acid groups (broad SMARTS) is 1. The third-order valence-corrected chi connectivity index (χ3v) is 3.36. The number of benzene rings is 1. The average molecular weight is 278 g/mol. The summed E-state index contributed by atoms with van der Waals surface area (Å²) in [7, 11) is 0.